The third kappa shape index (κ3) is 14.0. The smallest absolute Gasteiger partial charge is 0.354 e. The molecule has 1 aromatic heterocycles. The average molecular weight is 598 g/mol. The van der Waals surface area contributed by atoms with Crippen molar-refractivity contribution in [1.29, 1.82) is 0 Å². The first-order valence-corrected chi connectivity index (χ1v) is 16.1. The average Bonchev–Trinajstić information content (AvgIpc) is 3.88. The summed E-state index contributed by atoms with van der Waals surface area (Å²) in [4.78, 5) is 16.3. The number of carboxylic acid groups (broad SMARTS) is 1. The Morgan fingerprint density at radius 1 is 1.05 bits per heavy atom. The largest absolute Gasteiger partial charge is 0.477 e. The van der Waals surface area contributed by atoms with Gasteiger partial charge in [0, 0.05) is 13.2 Å². The zero-order valence-corrected chi connectivity index (χ0v) is 25.8. The molecule has 0 unspecified atom stereocenters. The molecule has 2 heterocycles. The quantitative estimate of drug-likeness (QED) is 0.145. The standard InChI is InChI=1S/C19H39NO2.C13H14F2N2O3/c1-3-4-5-6-7-8-9-10-13-20-19(16-18-11-12-18)17-22-15-14-21-2;14-13(15)6-17(7-13)10-4-3-9(12(18)19)16-11(10)20-5-8-1-2-8/h18-20H,3-17H2,1-2H3;3-4,8H,1-2,5-7H2,(H,18,19)/t19-;/m0./s1. The summed E-state index contributed by atoms with van der Waals surface area (Å²) < 4.78 is 42.1. The highest BCUT2D eigenvalue weighted by Crippen LogP contribution is 2.38. The van der Waals surface area contributed by atoms with E-state index in [-0.39, 0.29) is 24.7 Å². The molecule has 2 saturated carbocycles. The van der Waals surface area contributed by atoms with Gasteiger partial charge in [-0.1, -0.05) is 64.7 Å². The van der Waals surface area contributed by atoms with Crippen LogP contribution < -0.4 is 15.0 Å². The number of carboxylic acids is 1. The van der Waals surface area contributed by atoms with Crippen LogP contribution in [0.15, 0.2) is 12.1 Å². The molecule has 3 fully saturated rings. The molecule has 1 saturated heterocycles. The Morgan fingerprint density at radius 2 is 1.71 bits per heavy atom. The number of ether oxygens (including phenoxy) is 3. The number of nitrogens with zero attached hydrogens (tertiary/aromatic N) is 2. The van der Waals surface area contributed by atoms with Gasteiger partial charge >= 0.3 is 5.97 Å². The SMILES string of the molecule is CCCCCCCCCCN[C@H](COCCOC)CC1CC1.O=C(O)c1ccc(N2CC(F)(F)C2)c(OCC2CC2)n1. The molecule has 0 radical (unpaired) electrons. The number of hydrogen-bond donors (Lipinski definition) is 2. The Kier molecular flexibility index (Phi) is 15.2. The number of aromatic carboxylic acids is 1. The lowest BCUT2D eigenvalue weighted by Crippen LogP contribution is -2.56. The molecule has 0 aromatic carbocycles. The molecular formula is C32H53F2N3O5. The summed E-state index contributed by atoms with van der Waals surface area (Å²) >= 11 is 0. The number of unbranched alkanes of at least 4 members (excludes halogenated alkanes) is 7. The predicted octanol–water partition coefficient (Wildman–Crippen LogP) is 6.57. The summed E-state index contributed by atoms with van der Waals surface area (Å²) in [5, 5.41) is 12.6. The van der Waals surface area contributed by atoms with E-state index in [0.717, 1.165) is 38.5 Å². The second-order valence-electron chi connectivity index (χ2n) is 12.2. The van der Waals surface area contributed by atoms with Gasteiger partial charge in [0.05, 0.1) is 39.5 Å². The van der Waals surface area contributed by atoms with Gasteiger partial charge in [-0.3, -0.25) is 0 Å². The number of nitrogens with one attached hydrogen (secondary N) is 1. The Bertz CT molecular complexity index is 906. The number of aromatic nitrogens is 1. The molecule has 4 rings (SSSR count). The van der Waals surface area contributed by atoms with Crippen molar-refractivity contribution < 1.29 is 32.9 Å². The van der Waals surface area contributed by atoms with Crippen LogP contribution in [-0.4, -0.2) is 81.2 Å². The Balaban J connectivity index is 0.000000231. The molecule has 10 heteroatoms. The summed E-state index contributed by atoms with van der Waals surface area (Å²) in [7, 11) is 1.73. The topological polar surface area (TPSA) is 93.2 Å². The van der Waals surface area contributed by atoms with Crippen LogP contribution in [0.1, 0.15) is 101 Å². The second-order valence-corrected chi connectivity index (χ2v) is 12.2. The van der Waals surface area contributed by atoms with Crippen molar-refractivity contribution in [2.75, 3.05) is 58.1 Å². The van der Waals surface area contributed by atoms with Crippen LogP contribution >= 0.6 is 0 Å². The van der Waals surface area contributed by atoms with Crippen LogP contribution in [0.4, 0.5) is 14.5 Å². The van der Waals surface area contributed by atoms with Crippen LogP contribution in [0.2, 0.25) is 0 Å². The fourth-order valence-corrected chi connectivity index (χ4v) is 4.96. The van der Waals surface area contributed by atoms with Crippen molar-refractivity contribution in [3.63, 3.8) is 0 Å². The van der Waals surface area contributed by atoms with Gasteiger partial charge in [-0.2, -0.15) is 0 Å². The lowest BCUT2D eigenvalue weighted by atomic mass is 10.1. The van der Waals surface area contributed by atoms with Crippen molar-refractivity contribution in [2.45, 2.75) is 102 Å². The minimum Gasteiger partial charge on any atom is -0.477 e. The first-order chi connectivity index (χ1) is 20.3. The van der Waals surface area contributed by atoms with E-state index >= 15 is 0 Å². The van der Waals surface area contributed by atoms with Gasteiger partial charge in [0.15, 0.2) is 5.69 Å². The van der Waals surface area contributed by atoms with Gasteiger partial charge in [-0.15, -0.1) is 0 Å². The minimum atomic E-state index is -2.70. The second kappa shape index (κ2) is 18.6. The first kappa shape index (κ1) is 34.5. The highest BCUT2D eigenvalue weighted by molar-refractivity contribution is 5.86. The van der Waals surface area contributed by atoms with E-state index in [0.29, 0.717) is 30.9 Å². The monoisotopic (exact) mass is 597 g/mol. The Labute approximate surface area is 250 Å². The maximum Gasteiger partial charge on any atom is 0.354 e. The van der Waals surface area contributed by atoms with Crippen molar-refractivity contribution in [3.05, 3.63) is 17.8 Å². The number of pyridine rings is 1. The molecule has 1 atom stereocenters. The zero-order valence-electron chi connectivity index (χ0n) is 25.8. The lowest BCUT2D eigenvalue weighted by Gasteiger charge is -2.40. The Morgan fingerprint density at radius 3 is 2.31 bits per heavy atom. The summed E-state index contributed by atoms with van der Waals surface area (Å²) in [6, 6.07) is 3.33. The number of rotatable bonds is 22. The zero-order chi connectivity index (χ0) is 30.2. The van der Waals surface area contributed by atoms with Crippen molar-refractivity contribution >= 4 is 11.7 Å². The fourth-order valence-electron chi connectivity index (χ4n) is 4.96. The van der Waals surface area contributed by atoms with E-state index in [4.69, 9.17) is 19.3 Å². The van der Waals surface area contributed by atoms with E-state index < -0.39 is 11.9 Å². The van der Waals surface area contributed by atoms with Crippen molar-refractivity contribution in [3.8, 4) is 5.88 Å². The molecule has 0 spiro atoms. The fraction of sp³-hybridized carbons (Fsp3) is 0.812. The molecule has 2 aliphatic carbocycles. The van der Waals surface area contributed by atoms with Crippen molar-refractivity contribution in [1.82, 2.24) is 10.3 Å². The molecule has 1 aliphatic heterocycles. The third-order valence-electron chi connectivity index (χ3n) is 7.93. The number of carbonyl (C=O) groups is 1. The van der Waals surface area contributed by atoms with Gasteiger partial charge < -0.3 is 29.5 Å². The van der Waals surface area contributed by atoms with E-state index in [1.54, 1.807) is 7.11 Å². The van der Waals surface area contributed by atoms with Crippen LogP contribution in [0.3, 0.4) is 0 Å². The summed E-state index contributed by atoms with van der Waals surface area (Å²) in [6.45, 7) is 5.37. The van der Waals surface area contributed by atoms with Crippen LogP contribution in [0.5, 0.6) is 5.88 Å². The maximum absolute atomic E-state index is 12.9. The summed E-state index contributed by atoms with van der Waals surface area (Å²) in [5.74, 6) is -2.30. The molecule has 42 heavy (non-hydrogen) atoms. The normalized spacial score (nSPS) is 18.1. The van der Waals surface area contributed by atoms with Gasteiger partial charge in [0.1, 0.15) is 5.69 Å². The highest BCUT2D eigenvalue weighted by atomic mass is 19.3. The molecule has 1 aromatic rings. The molecule has 8 nitrogen and oxygen atoms in total. The van der Waals surface area contributed by atoms with Gasteiger partial charge in [-0.05, 0) is 56.2 Å². The number of halogens is 2. The first-order valence-electron chi connectivity index (χ1n) is 16.1. The molecule has 2 N–H and O–H groups in total. The van der Waals surface area contributed by atoms with Crippen LogP contribution in [-0.2, 0) is 9.47 Å². The van der Waals surface area contributed by atoms with E-state index in [1.165, 1.54) is 87.7 Å². The Hall–Kier alpha value is -2.04. The third-order valence-corrected chi connectivity index (χ3v) is 7.93. The number of methoxy groups -OCH3 is 1. The van der Waals surface area contributed by atoms with Gasteiger partial charge in [0.2, 0.25) is 5.88 Å². The van der Waals surface area contributed by atoms with E-state index in [9.17, 15) is 13.6 Å². The van der Waals surface area contributed by atoms with E-state index in [2.05, 4.69) is 17.2 Å². The molecule has 240 valence electrons. The van der Waals surface area contributed by atoms with Gasteiger partial charge in [-0.25, -0.2) is 18.6 Å². The maximum atomic E-state index is 12.9. The summed E-state index contributed by atoms with van der Waals surface area (Å²) in [5.41, 5.74) is 0.286. The van der Waals surface area contributed by atoms with Gasteiger partial charge in [0.25, 0.3) is 5.92 Å². The number of anilines is 1. The molecule has 0 bridgehead atoms. The molecule has 3 aliphatic rings. The molecule has 0 amide bonds. The van der Waals surface area contributed by atoms with Crippen molar-refractivity contribution in [2.24, 2.45) is 11.8 Å². The summed E-state index contributed by atoms with van der Waals surface area (Å²) in [6.07, 6.45) is 17.4. The molecular weight excluding hydrogens is 544 g/mol. The van der Waals surface area contributed by atoms with Crippen LogP contribution in [0.25, 0.3) is 0 Å². The number of alkyl halides is 2. The lowest BCUT2D eigenvalue weighted by molar-refractivity contribution is -0.0265. The van der Waals surface area contributed by atoms with E-state index in [1.807, 2.05) is 0 Å². The number of hydrogen-bond acceptors (Lipinski definition) is 7. The minimum absolute atomic E-state index is 0.132. The van der Waals surface area contributed by atoms with Crippen LogP contribution in [0, 0.1) is 11.8 Å². The highest BCUT2D eigenvalue weighted by Gasteiger charge is 2.45. The predicted molar refractivity (Wildman–Crippen MR) is 161 cm³/mol.